The van der Waals surface area contributed by atoms with E-state index in [2.05, 4.69) is 20.5 Å². The largest absolute Gasteiger partial charge is 0.480 e. The molecule has 0 aliphatic carbocycles. The van der Waals surface area contributed by atoms with E-state index < -0.39 is 12.0 Å². The number of pyridine rings is 1. The highest BCUT2D eigenvalue weighted by molar-refractivity contribution is 5.73. The van der Waals surface area contributed by atoms with Gasteiger partial charge in [-0.3, -0.25) is 4.98 Å². The van der Waals surface area contributed by atoms with Crippen LogP contribution in [0.3, 0.4) is 0 Å². The van der Waals surface area contributed by atoms with Gasteiger partial charge < -0.3 is 5.11 Å². The van der Waals surface area contributed by atoms with Gasteiger partial charge in [-0.1, -0.05) is 13.8 Å². The van der Waals surface area contributed by atoms with E-state index >= 15 is 0 Å². The van der Waals surface area contributed by atoms with E-state index in [0.29, 0.717) is 5.82 Å². The SMILES string of the molecule is CC(C)C(C(=O)O)n1nnnc1-c1ccncc1. The van der Waals surface area contributed by atoms with Gasteiger partial charge in [-0.25, -0.2) is 9.48 Å². The van der Waals surface area contributed by atoms with E-state index in [1.165, 1.54) is 4.68 Å². The Labute approximate surface area is 103 Å². The molecule has 0 saturated heterocycles. The maximum atomic E-state index is 11.3. The normalized spacial score (nSPS) is 12.6. The zero-order valence-electron chi connectivity index (χ0n) is 10.1. The lowest BCUT2D eigenvalue weighted by molar-refractivity contribution is -0.142. The summed E-state index contributed by atoms with van der Waals surface area (Å²) in [4.78, 5) is 15.2. The van der Waals surface area contributed by atoms with Crippen LogP contribution in [0.1, 0.15) is 19.9 Å². The van der Waals surface area contributed by atoms with Gasteiger partial charge in [0.25, 0.3) is 0 Å². The second-order valence-corrected chi connectivity index (χ2v) is 4.21. The van der Waals surface area contributed by atoms with Gasteiger partial charge in [0, 0.05) is 18.0 Å². The molecule has 0 spiro atoms. The number of carboxylic acids is 1. The van der Waals surface area contributed by atoms with Crippen LogP contribution in [0.5, 0.6) is 0 Å². The molecule has 0 fully saturated rings. The van der Waals surface area contributed by atoms with Crippen molar-refractivity contribution in [3.63, 3.8) is 0 Å². The van der Waals surface area contributed by atoms with Crippen molar-refractivity contribution in [2.24, 2.45) is 5.92 Å². The van der Waals surface area contributed by atoms with E-state index in [1.807, 2.05) is 13.8 Å². The molecule has 0 radical (unpaired) electrons. The third-order valence-corrected chi connectivity index (χ3v) is 2.58. The van der Waals surface area contributed by atoms with Gasteiger partial charge in [0.2, 0.25) is 0 Å². The Morgan fingerprint density at radius 3 is 2.56 bits per heavy atom. The van der Waals surface area contributed by atoms with Crippen molar-refractivity contribution in [3.05, 3.63) is 24.5 Å². The highest BCUT2D eigenvalue weighted by Crippen LogP contribution is 2.23. The summed E-state index contributed by atoms with van der Waals surface area (Å²) in [6.45, 7) is 3.63. The van der Waals surface area contributed by atoms with Crippen molar-refractivity contribution in [3.8, 4) is 11.4 Å². The summed E-state index contributed by atoms with van der Waals surface area (Å²) in [6.07, 6.45) is 3.22. The number of tetrazole rings is 1. The Kier molecular flexibility index (Phi) is 3.31. The fraction of sp³-hybridized carbons (Fsp3) is 0.364. The van der Waals surface area contributed by atoms with Crippen LogP contribution in [-0.4, -0.2) is 36.3 Å². The molecule has 2 heterocycles. The van der Waals surface area contributed by atoms with Gasteiger partial charge in [0.1, 0.15) is 0 Å². The van der Waals surface area contributed by atoms with E-state index in [9.17, 15) is 9.90 Å². The van der Waals surface area contributed by atoms with E-state index in [1.54, 1.807) is 24.5 Å². The molecule has 0 saturated carbocycles. The van der Waals surface area contributed by atoms with Crippen molar-refractivity contribution >= 4 is 5.97 Å². The minimum Gasteiger partial charge on any atom is -0.480 e. The standard InChI is InChI=1S/C11H13N5O2/c1-7(2)9(11(17)18)16-10(13-14-15-16)8-3-5-12-6-4-8/h3-7,9H,1-2H3,(H,17,18). The number of carboxylic acid groups (broad SMARTS) is 1. The zero-order valence-corrected chi connectivity index (χ0v) is 10.1. The summed E-state index contributed by atoms with van der Waals surface area (Å²) in [5, 5.41) is 20.5. The van der Waals surface area contributed by atoms with Crippen molar-refractivity contribution in [1.82, 2.24) is 25.2 Å². The van der Waals surface area contributed by atoms with Crippen LogP contribution in [0.4, 0.5) is 0 Å². The molecule has 7 nitrogen and oxygen atoms in total. The molecule has 0 aliphatic rings. The Balaban J connectivity index is 2.47. The molecule has 0 aromatic carbocycles. The van der Waals surface area contributed by atoms with Gasteiger partial charge in [-0.2, -0.15) is 0 Å². The van der Waals surface area contributed by atoms with Gasteiger partial charge in [0.15, 0.2) is 11.9 Å². The lowest BCUT2D eigenvalue weighted by Crippen LogP contribution is -2.26. The minimum absolute atomic E-state index is 0.119. The van der Waals surface area contributed by atoms with Gasteiger partial charge in [-0.15, -0.1) is 5.10 Å². The lowest BCUT2D eigenvalue weighted by atomic mass is 10.0. The molecule has 94 valence electrons. The average molecular weight is 247 g/mol. The monoisotopic (exact) mass is 247 g/mol. The average Bonchev–Trinajstić information content (AvgIpc) is 2.78. The molecule has 0 bridgehead atoms. The summed E-state index contributed by atoms with van der Waals surface area (Å²) in [7, 11) is 0. The summed E-state index contributed by atoms with van der Waals surface area (Å²) in [5.74, 6) is -0.641. The van der Waals surface area contributed by atoms with Gasteiger partial charge in [0.05, 0.1) is 0 Å². The van der Waals surface area contributed by atoms with Crippen molar-refractivity contribution in [2.75, 3.05) is 0 Å². The second kappa shape index (κ2) is 4.91. The van der Waals surface area contributed by atoms with Gasteiger partial charge in [-0.05, 0) is 28.5 Å². The van der Waals surface area contributed by atoms with Crippen LogP contribution in [0.15, 0.2) is 24.5 Å². The first-order valence-corrected chi connectivity index (χ1v) is 5.52. The number of aromatic nitrogens is 5. The quantitative estimate of drug-likeness (QED) is 0.866. The fourth-order valence-corrected chi connectivity index (χ4v) is 1.74. The number of nitrogens with zero attached hydrogens (tertiary/aromatic N) is 5. The lowest BCUT2D eigenvalue weighted by Gasteiger charge is -2.17. The summed E-state index contributed by atoms with van der Waals surface area (Å²) < 4.78 is 1.34. The third kappa shape index (κ3) is 2.20. The molecule has 2 aromatic rings. The number of carbonyl (C=O) groups is 1. The van der Waals surface area contributed by atoms with Crippen LogP contribution < -0.4 is 0 Å². The number of aliphatic carboxylic acids is 1. The first-order chi connectivity index (χ1) is 8.61. The van der Waals surface area contributed by atoms with Crippen LogP contribution in [0.2, 0.25) is 0 Å². The maximum absolute atomic E-state index is 11.3. The first-order valence-electron chi connectivity index (χ1n) is 5.52. The van der Waals surface area contributed by atoms with Crippen LogP contribution in [0.25, 0.3) is 11.4 Å². The summed E-state index contributed by atoms with van der Waals surface area (Å²) in [6, 6.07) is 2.69. The number of hydrogen-bond donors (Lipinski definition) is 1. The zero-order chi connectivity index (χ0) is 13.1. The Morgan fingerprint density at radius 2 is 2.00 bits per heavy atom. The van der Waals surface area contributed by atoms with Crippen LogP contribution in [0, 0.1) is 5.92 Å². The first kappa shape index (κ1) is 12.2. The van der Waals surface area contributed by atoms with Crippen molar-refractivity contribution in [2.45, 2.75) is 19.9 Å². The predicted octanol–water partition coefficient (Wildman–Crippen LogP) is 1.02. The molecular weight excluding hydrogens is 234 g/mol. The second-order valence-electron chi connectivity index (χ2n) is 4.21. The molecular formula is C11H13N5O2. The Morgan fingerprint density at radius 1 is 1.33 bits per heavy atom. The molecule has 1 N–H and O–H groups in total. The molecule has 0 aliphatic heterocycles. The smallest absolute Gasteiger partial charge is 0.328 e. The predicted molar refractivity (Wildman–Crippen MR) is 62.6 cm³/mol. The molecule has 7 heteroatoms. The van der Waals surface area contributed by atoms with Crippen molar-refractivity contribution in [1.29, 1.82) is 0 Å². The van der Waals surface area contributed by atoms with Gasteiger partial charge >= 0.3 is 5.97 Å². The highest BCUT2D eigenvalue weighted by atomic mass is 16.4. The summed E-state index contributed by atoms with van der Waals surface area (Å²) >= 11 is 0. The van der Waals surface area contributed by atoms with Crippen molar-refractivity contribution < 1.29 is 9.90 Å². The molecule has 18 heavy (non-hydrogen) atoms. The maximum Gasteiger partial charge on any atom is 0.328 e. The Hall–Kier alpha value is -2.31. The Bertz CT molecular complexity index is 537. The van der Waals surface area contributed by atoms with E-state index in [0.717, 1.165) is 5.56 Å². The number of rotatable bonds is 4. The molecule has 1 atom stereocenters. The molecule has 2 rings (SSSR count). The van der Waals surface area contributed by atoms with Crippen LogP contribution in [-0.2, 0) is 4.79 Å². The topological polar surface area (TPSA) is 93.8 Å². The highest BCUT2D eigenvalue weighted by Gasteiger charge is 2.28. The minimum atomic E-state index is -0.951. The summed E-state index contributed by atoms with van der Waals surface area (Å²) in [5.41, 5.74) is 0.738. The van der Waals surface area contributed by atoms with E-state index in [4.69, 9.17) is 0 Å². The molecule has 1 unspecified atom stereocenters. The number of hydrogen-bond acceptors (Lipinski definition) is 5. The third-order valence-electron chi connectivity index (χ3n) is 2.58. The molecule has 2 aromatic heterocycles. The van der Waals surface area contributed by atoms with Crippen LogP contribution >= 0.6 is 0 Å². The molecule has 0 amide bonds. The fourth-order valence-electron chi connectivity index (χ4n) is 1.74. The van der Waals surface area contributed by atoms with E-state index in [-0.39, 0.29) is 5.92 Å².